The van der Waals surface area contributed by atoms with Crippen LogP contribution in [0.15, 0.2) is 12.1 Å². The summed E-state index contributed by atoms with van der Waals surface area (Å²) >= 11 is 0. The number of anilines is 1. The number of ether oxygens (including phenoxy) is 1. The van der Waals surface area contributed by atoms with Gasteiger partial charge in [0.25, 0.3) is 0 Å². The van der Waals surface area contributed by atoms with Crippen molar-refractivity contribution in [1.82, 2.24) is 5.32 Å². The Labute approximate surface area is 115 Å². The number of benzene rings is 1. The van der Waals surface area contributed by atoms with Crippen LogP contribution in [0.1, 0.15) is 6.42 Å². The van der Waals surface area contributed by atoms with Crippen LogP contribution in [0.25, 0.3) is 0 Å². The number of rotatable bonds is 6. The molecule has 21 heavy (non-hydrogen) atoms. The number of hydrogen-bond donors (Lipinski definition) is 3. The van der Waals surface area contributed by atoms with Gasteiger partial charge in [-0.1, -0.05) is 0 Å². The molecule has 1 aromatic carbocycles. The van der Waals surface area contributed by atoms with Crippen molar-refractivity contribution in [2.24, 2.45) is 0 Å². The standard InChI is InChI=1S/C11H10F4N2O4/c12-5-4-8(21-10(14)15)6(13)3-7(5)17-11(20)16-2-1-9(18)19/h3-4,10H,1-2H2,(H,18,19)(H2,16,17,20). The summed E-state index contributed by atoms with van der Waals surface area (Å²) < 4.78 is 54.3. The normalized spacial score (nSPS) is 10.3. The van der Waals surface area contributed by atoms with Crippen LogP contribution in [0.4, 0.5) is 28.0 Å². The van der Waals surface area contributed by atoms with Gasteiger partial charge in [0, 0.05) is 18.7 Å². The zero-order valence-electron chi connectivity index (χ0n) is 10.3. The van der Waals surface area contributed by atoms with Gasteiger partial charge < -0.3 is 20.5 Å². The minimum absolute atomic E-state index is 0.224. The molecule has 6 nitrogen and oxygen atoms in total. The second-order valence-corrected chi connectivity index (χ2v) is 3.67. The first-order valence-corrected chi connectivity index (χ1v) is 5.50. The Hall–Kier alpha value is -2.52. The first kappa shape index (κ1) is 16.5. The minimum Gasteiger partial charge on any atom is -0.481 e. The number of carboxylic acid groups (broad SMARTS) is 1. The first-order chi connectivity index (χ1) is 9.79. The van der Waals surface area contributed by atoms with E-state index in [4.69, 9.17) is 5.11 Å². The van der Waals surface area contributed by atoms with Gasteiger partial charge in [0.05, 0.1) is 12.1 Å². The lowest BCUT2D eigenvalue weighted by molar-refractivity contribution is -0.136. The topological polar surface area (TPSA) is 87.7 Å². The quantitative estimate of drug-likeness (QED) is 0.703. The molecule has 0 atom stereocenters. The van der Waals surface area contributed by atoms with Crippen molar-refractivity contribution in [3.05, 3.63) is 23.8 Å². The van der Waals surface area contributed by atoms with Crippen LogP contribution in [0.2, 0.25) is 0 Å². The third-order valence-corrected chi connectivity index (χ3v) is 2.11. The Balaban J connectivity index is 2.69. The van der Waals surface area contributed by atoms with Gasteiger partial charge in [-0.15, -0.1) is 0 Å². The number of nitrogens with one attached hydrogen (secondary N) is 2. The molecule has 0 aromatic heterocycles. The Bertz CT molecular complexity index is 539. The van der Waals surface area contributed by atoms with Gasteiger partial charge in [-0.2, -0.15) is 8.78 Å². The smallest absolute Gasteiger partial charge is 0.387 e. The second kappa shape index (κ2) is 7.31. The van der Waals surface area contributed by atoms with Gasteiger partial charge in [0.1, 0.15) is 0 Å². The lowest BCUT2D eigenvalue weighted by atomic mass is 10.2. The van der Waals surface area contributed by atoms with Gasteiger partial charge in [0.2, 0.25) is 0 Å². The summed E-state index contributed by atoms with van der Waals surface area (Å²) in [4.78, 5) is 21.5. The van der Waals surface area contributed by atoms with E-state index in [1.165, 1.54) is 0 Å². The number of hydrogen-bond acceptors (Lipinski definition) is 3. The van der Waals surface area contributed by atoms with Crippen LogP contribution in [0.3, 0.4) is 0 Å². The van der Waals surface area contributed by atoms with Crippen LogP contribution in [-0.2, 0) is 4.79 Å². The van der Waals surface area contributed by atoms with Crippen LogP contribution in [0.5, 0.6) is 5.75 Å². The molecule has 1 rings (SSSR count). The highest BCUT2D eigenvalue weighted by atomic mass is 19.3. The minimum atomic E-state index is -3.32. The molecule has 0 radical (unpaired) electrons. The maximum absolute atomic E-state index is 13.5. The summed E-state index contributed by atoms with van der Waals surface area (Å²) in [5, 5.41) is 12.3. The van der Waals surface area contributed by atoms with E-state index in [0.29, 0.717) is 12.1 Å². The SMILES string of the molecule is O=C(O)CCNC(=O)Nc1cc(F)c(OC(F)F)cc1F. The van der Waals surface area contributed by atoms with Crippen LogP contribution >= 0.6 is 0 Å². The van der Waals surface area contributed by atoms with E-state index in [1.807, 2.05) is 5.32 Å². The molecule has 10 heteroatoms. The summed E-state index contributed by atoms with van der Waals surface area (Å²) in [6, 6.07) is -0.157. The maximum Gasteiger partial charge on any atom is 0.387 e. The van der Waals surface area contributed by atoms with Crippen molar-refractivity contribution in [1.29, 1.82) is 0 Å². The molecule has 0 saturated carbocycles. The van der Waals surface area contributed by atoms with E-state index in [1.54, 1.807) is 0 Å². The zero-order chi connectivity index (χ0) is 16.0. The van der Waals surface area contributed by atoms with Crippen LogP contribution < -0.4 is 15.4 Å². The molecule has 0 aliphatic rings. The number of halogens is 4. The number of amides is 2. The molecule has 1 aromatic rings. The monoisotopic (exact) mass is 310 g/mol. The molecule has 0 heterocycles. The fourth-order valence-corrected chi connectivity index (χ4v) is 1.26. The highest BCUT2D eigenvalue weighted by Gasteiger charge is 2.16. The molecule has 0 unspecified atom stereocenters. The molecule has 0 saturated heterocycles. The van der Waals surface area contributed by atoms with Gasteiger partial charge in [-0.05, 0) is 0 Å². The Morgan fingerprint density at radius 2 is 1.90 bits per heavy atom. The number of urea groups is 1. The fourth-order valence-electron chi connectivity index (χ4n) is 1.26. The zero-order valence-corrected chi connectivity index (χ0v) is 10.3. The Kier molecular flexibility index (Phi) is 5.76. The molecular formula is C11H10F4N2O4. The first-order valence-electron chi connectivity index (χ1n) is 5.50. The van der Waals surface area contributed by atoms with Crippen LogP contribution in [0, 0.1) is 11.6 Å². The summed E-state index contributed by atoms with van der Waals surface area (Å²) in [5.41, 5.74) is -0.609. The van der Waals surface area contributed by atoms with Gasteiger partial charge >= 0.3 is 18.6 Å². The molecule has 0 aliphatic heterocycles. The molecular weight excluding hydrogens is 300 g/mol. The highest BCUT2D eigenvalue weighted by Crippen LogP contribution is 2.26. The number of carbonyl (C=O) groups is 2. The van der Waals surface area contributed by atoms with E-state index < -0.39 is 41.7 Å². The van der Waals surface area contributed by atoms with Crippen molar-refractivity contribution >= 4 is 17.7 Å². The molecule has 3 N–H and O–H groups in total. The summed E-state index contributed by atoms with van der Waals surface area (Å²) in [5.74, 6) is -4.64. The van der Waals surface area contributed by atoms with Crippen LogP contribution in [-0.4, -0.2) is 30.3 Å². The van der Waals surface area contributed by atoms with Gasteiger partial charge in [-0.25, -0.2) is 13.6 Å². The summed E-state index contributed by atoms with van der Waals surface area (Å²) in [6.07, 6.45) is -0.356. The molecule has 116 valence electrons. The number of carboxylic acids is 1. The highest BCUT2D eigenvalue weighted by molar-refractivity contribution is 5.89. The van der Waals surface area contributed by atoms with E-state index in [0.717, 1.165) is 0 Å². The molecule has 2 amide bonds. The Morgan fingerprint density at radius 1 is 1.24 bits per heavy atom. The lowest BCUT2D eigenvalue weighted by Crippen LogP contribution is -2.31. The van der Waals surface area contributed by atoms with Gasteiger partial charge in [0.15, 0.2) is 17.4 Å². The second-order valence-electron chi connectivity index (χ2n) is 3.67. The van der Waals surface area contributed by atoms with Crippen molar-refractivity contribution in [2.45, 2.75) is 13.0 Å². The van der Waals surface area contributed by atoms with Crippen molar-refractivity contribution in [3.63, 3.8) is 0 Å². The van der Waals surface area contributed by atoms with E-state index in [-0.39, 0.29) is 13.0 Å². The lowest BCUT2D eigenvalue weighted by Gasteiger charge is -2.10. The average molecular weight is 310 g/mol. The van der Waals surface area contributed by atoms with E-state index in [2.05, 4.69) is 10.1 Å². The molecule has 0 spiro atoms. The maximum atomic E-state index is 13.5. The van der Waals surface area contributed by atoms with E-state index in [9.17, 15) is 27.2 Å². The Morgan fingerprint density at radius 3 is 2.48 bits per heavy atom. The predicted octanol–water partition coefficient (Wildman–Crippen LogP) is 2.16. The summed E-state index contributed by atoms with van der Waals surface area (Å²) in [7, 11) is 0. The number of aliphatic carboxylic acids is 1. The number of alkyl halides is 2. The summed E-state index contributed by atoms with van der Waals surface area (Å²) in [6.45, 7) is -3.55. The van der Waals surface area contributed by atoms with Crippen molar-refractivity contribution in [3.8, 4) is 5.75 Å². The molecule has 0 bridgehead atoms. The van der Waals surface area contributed by atoms with E-state index >= 15 is 0 Å². The predicted molar refractivity (Wildman–Crippen MR) is 62.3 cm³/mol. The van der Waals surface area contributed by atoms with Crippen molar-refractivity contribution < 1.29 is 37.0 Å². The van der Waals surface area contributed by atoms with Gasteiger partial charge in [-0.3, -0.25) is 4.79 Å². The third-order valence-electron chi connectivity index (χ3n) is 2.11. The number of carbonyl (C=O) groups excluding carboxylic acids is 1. The average Bonchev–Trinajstić information content (AvgIpc) is 2.34. The third kappa shape index (κ3) is 5.55. The molecule has 0 fully saturated rings. The van der Waals surface area contributed by atoms with Crippen molar-refractivity contribution in [2.75, 3.05) is 11.9 Å². The fraction of sp³-hybridized carbons (Fsp3) is 0.273. The molecule has 0 aliphatic carbocycles. The largest absolute Gasteiger partial charge is 0.481 e.